The van der Waals surface area contributed by atoms with Crippen molar-refractivity contribution >= 4 is 45.3 Å². The number of rotatable bonds is 9. The molecule has 0 bridgehead atoms. The number of halogens is 2. The Morgan fingerprint density at radius 2 is 1.91 bits per heavy atom. The monoisotopic (exact) mass is 550 g/mol. The van der Waals surface area contributed by atoms with Crippen LogP contribution in [0.4, 0.5) is 0 Å². The molecule has 9 heteroatoms. The third kappa shape index (κ3) is 8.02. The number of benzene rings is 2. The van der Waals surface area contributed by atoms with Crippen LogP contribution in [0.15, 0.2) is 46.9 Å². The van der Waals surface area contributed by atoms with E-state index in [0.717, 1.165) is 17.3 Å². The van der Waals surface area contributed by atoms with E-state index in [1.165, 1.54) is 6.92 Å². The molecule has 0 radical (unpaired) electrons. The van der Waals surface area contributed by atoms with Crippen LogP contribution < -0.4 is 14.8 Å². The molecule has 34 heavy (non-hydrogen) atoms. The second-order valence-electron chi connectivity index (χ2n) is 8.19. The molecule has 1 fully saturated rings. The maximum absolute atomic E-state index is 12.8. The maximum atomic E-state index is 12.8. The summed E-state index contributed by atoms with van der Waals surface area (Å²) in [5.41, 5.74) is 0.497. The zero-order valence-electron chi connectivity index (χ0n) is 19.0. The molecule has 2 aromatic rings. The minimum Gasteiger partial charge on any atom is -0.492 e. The van der Waals surface area contributed by atoms with Gasteiger partial charge in [-0.1, -0.05) is 33.6 Å². The third-order valence-corrected chi connectivity index (χ3v) is 6.32. The number of likely N-dealkylation sites (tertiary alicyclic amines) is 1. The van der Waals surface area contributed by atoms with Gasteiger partial charge in [-0.05, 0) is 61.6 Å². The van der Waals surface area contributed by atoms with E-state index < -0.39 is 5.97 Å². The van der Waals surface area contributed by atoms with E-state index in [4.69, 9.17) is 21.1 Å². The fourth-order valence-electron chi connectivity index (χ4n) is 3.74. The Morgan fingerprint density at radius 1 is 1.15 bits per heavy atom. The molecule has 0 saturated carbocycles. The molecule has 1 aliphatic rings. The van der Waals surface area contributed by atoms with Gasteiger partial charge in [-0.25, -0.2) is 0 Å². The van der Waals surface area contributed by atoms with Crippen molar-refractivity contribution in [2.75, 3.05) is 26.2 Å². The van der Waals surface area contributed by atoms with Gasteiger partial charge in [-0.15, -0.1) is 0 Å². The van der Waals surface area contributed by atoms with E-state index in [9.17, 15) is 14.4 Å². The standard InChI is InChI=1S/C25H28BrClN2O5/c1-17(30)34-21-5-2-4-19(14-21)25(32)29-11-9-18(10-12-29)16-28-24(31)6-3-13-33-23-8-7-20(26)15-22(23)27/h2,4-5,7-8,14-15,18H,3,6,9-13,16H2,1H3,(H,28,31). The molecule has 1 N–H and O–H groups in total. The largest absolute Gasteiger partial charge is 0.492 e. The van der Waals surface area contributed by atoms with Gasteiger partial charge < -0.3 is 19.7 Å². The van der Waals surface area contributed by atoms with Crippen molar-refractivity contribution < 1.29 is 23.9 Å². The number of esters is 1. The molecule has 182 valence electrons. The Kier molecular flexibility index (Phi) is 9.77. The van der Waals surface area contributed by atoms with Gasteiger partial charge in [0.25, 0.3) is 5.91 Å². The summed E-state index contributed by atoms with van der Waals surface area (Å²) in [6, 6.07) is 12.1. The molecule has 2 aromatic carbocycles. The molecule has 3 rings (SSSR count). The van der Waals surface area contributed by atoms with Crippen LogP contribution in [0.1, 0.15) is 43.0 Å². The zero-order valence-corrected chi connectivity index (χ0v) is 21.4. The predicted octanol–water partition coefficient (Wildman–Crippen LogP) is 4.86. The van der Waals surface area contributed by atoms with Gasteiger partial charge in [0.2, 0.25) is 5.91 Å². The van der Waals surface area contributed by atoms with E-state index in [1.807, 2.05) is 6.07 Å². The van der Waals surface area contributed by atoms with Gasteiger partial charge in [0.15, 0.2) is 0 Å². The summed E-state index contributed by atoms with van der Waals surface area (Å²) >= 11 is 9.47. The van der Waals surface area contributed by atoms with Crippen LogP contribution in [0, 0.1) is 5.92 Å². The van der Waals surface area contributed by atoms with Crippen LogP contribution in [-0.4, -0.2) is 48.9 Å². The van der Waals surface area contributed by atoms with Gasteiger partial charge in [0.05, 0.1) is 11.6 Å². The lowest BCUT2D eigenvalue weighted by Crippen LogP contribution is -2.41. The molecular weight excluding hydrogens is 524 g/mol. The predicted molar refractivity (Wildman–Crippen MR) is 133 cm³/mol. The van der Waals surface area contributed by atoms with Gasteiger partial charge in [-0.2, -0.15) is 0 Å². The number of amides is 2. The van der Waals surface area contributed by atoms with Gasteiger partial charge in [0, 0.05) is 43.0 Å². The molecule has 0 atom stereocenters. The average Bonchev–Trinajstić information content (AvgIpc) is 2.81. The molecule has 1 saturated heterocycles. The first-order valence-corrected chi connectivity index (χ1v) is 12.4. The smallest absolute Gasteiger partial charge is 0.308 e. The normalized spacial score (nSPS) is 13.9. The van der Waals surface area contributed by atoms with E-state index in [2.05, 4.69) is 21.2 Å². The highest BCUT2D eigenvalue weighted by Crippen LogP contribution is 2.28. The molecule has 0 unspecified atom stereocenters. The molecule has 0 aromatic heterocycles. The van der Waals surface area contributed by atoms with Crippen molar-refractivity contribution in [3.8, 4) is 11.5 Å². The minimum absolute atomic E-state index is 0.00806. The van der Waals surface area contributed by atoms with E-state index in [-0.39, 0.29) is 11.8 Å². The average molecular weight is 552 g/mol. The SMILES string of the molecule is CC(=O)Oc1cccc(C(=O)N2CCC(CNC(=O)CCCOc3ccc(Br)cc3Cl)CC2)c1. The first-order valence-electron chi connectivity index (χ1n) is 11.2. The van der Waals surface area contributed by atoms with Gasteiger partial charge >= 0.3 is 5.97 Å². The number of ether oxygens (including phenoxy) is 2. The van der Waals surface area contributed by atoms with Crippen molar-refractivity contribution in [3.63, 3.8) is 0 Å². The summed E-state index contributed by atoms with van der Waals surface area (Å²) in [6.45, 7) is 3.58. The lowest BCUT2D eigenvalue weighted by molar-refractivity contribution is -0.131. The summed E-state index contributed by atoms with van der Waals surface area (Å²) in [5, 5.41) is 3.52. The Balaban J connectivity index is 1.33. The molecular formula is C25H28BrClN2O5. The lowest BCUT2D eigenvalue weighted by atomic mass is 9.96. The Bertz CT molecular complexity index is 1020. The van der Waals surface area contributed by atoms with Gasteiger partial charge in [0.1, 0.15) is 11.5 Å². The molecule has 1 aliphatic heterocycles. The van der Waals surface area contributed by atoms with E-state index in [1.54, 1.807) is 41.3 Å². The summed E-state index contributed by atoms with van der Waals surface area (Å²) in [6.07, 6.45) is 2.61. The summed E-state index contributed by atoms with van der Waals surface area (Å²) in [4.78, 5) is 37.9. The number of carbonyl (C=O) groups is 3. The molecule has 0 aliphatic carbocycles. The topological polar surface area (TPSA) is 84.9 Å². The summed E-state index contributed by atoms with van der Waals surface area (Å²) in [7, 11) is 0. The fraction of sp³-hybridized carbons (Fsp3) is 0.400. The first-order chi connectivity index (χ1) is 16.3. The molecule has 7 nitrogen and oxygen atoms in total. The number of hydrogen-bond donors (Lipinski definition) is 1. The number of nitrogens with zero attached hydrogens (tertiary/aromatic N) is 1. The van der Waals surface area contributed by atoms with Crippen molar-refractivity contribution in [1.82, 2.24) is 10.2 Å². The fourth-order valence-corrected chi connectivity index (χ4v) is 4.46. The van der Waals surface area contributed by atoms with Crippen LogP contribution in [0.25, 0.3) is 0 Å². The quantitative estimate of drug-likeness (QED) is 0.273. The highest BCUT2D eigenvalue weighted by Gasteiger charge is 2.24. The van der Waals surface area contributed by atoms with Crippen LogP contribution in [0.2, 0.25) is 5.02 Å². The highest BCUT2D eigenvalue weighted by molar-refractivity contribution is 9.10. The molecule has 0 spiro atoms. The van der Waals surface area contributed by atoms with E-state index in [0.29, 0.717) is 67.1 Å². The van der Waals surface area contributed by atoms with Crippen molar-refractivity contribution in [2.24, 2.45) is 5.92 Å². The van der Waals surface area contributed by atoms with Crippen LogP contribution >= 0.6 is 27.5 Å². The molecule has 2 amide bonds. The lowest BCUT2D eigenvalue weighted by Gasteiger charge is -2.32. The van der Waals surface area contributed by atoms with Crippen molar-refractivity contribution in [3.05, 3.63) is 57.5 Å². The van der Waals surface area contributed by atoms with Crippen LogP contribution in [0.3, 0.4) is 0 Å². The number of piperidine rings is 1. The second kappa shape index (κ2) is 12.8. The molecule has 1 heterocycles. The third-order valence-electron chi connectivity index (χ3n) is 5.53. The Morgan fingerprint density at radius 3 is 2.62 bits per heavy atom. The van der Waals surface area contributed by atoms with Crippen LogP contribution in [-0.2, 0) is 9.59 Å². The number of hydrogen-bond acceptors (Lipinski definition) is 5. The number of carbonyl (C=O) groups excluding carboxylic acids is 3. The van der Waals surface area contributed by atoms with Gasteiger partial charge in [-0.3, -0.25) is 14.4 Å². The summed E-state index contributed by atoms with van der Waals surface area (Å²) in [5.74, 6) is 0.784. The van der Waals surface area contributed by atoms with E-state index >= 15 is 0 Å². The summed E-state index contributed by atoms with van der Waals surface area (Å²) < 4.78 is 11.6. The van der Waals surface area contributed by atoms with Crippen LogP contribution in [0.5, 0.6) is 11.5 Å². The van der Waals surface area contributed by atoms with Crippen molar-refractivity contribution in [1.29, 1.82) is 0 Å². The zero-order chi connectivity index (χ0) is 24.5. The Labute approximate surface area is 212 Å². The minimum atomic E-state index is -0.422. The second-order valence-corrected chi connectivity index (χ2v) is 9.51. The highest BCUT2D eigenvalue weighted by atomic mass is 79.9. The number of nitrogens with one attached hydrogen (secondary N) is 1. The Hall–Kier alpha value is -2.58. The first kappa shape index (κ1) is 26.0. The van der Waals surface area contributed by atoms with Crippen molar-refractivity contribution in [2.45, 2.75) is 32.6 Å². The maximum Gasteiger partial charge on any atom is 0.308 e.